The van der Waals surface area contributed by atoms with Crippen LogP contribution in [0.3, 0.4) is 0 Å². The maximum absolute atomic E-state index is 12.9. The lowest BCUT2D eigenvalue weighted by atomic mass is 10.2. The Hall–Kier alpha value is -2.45. The van der Waals surface area contributed by atoms with E-state index in [0.717, 1.165) is 31.5 Å². The molecule has 1 amide bonds. The zero-order valence-electron chi connectivity index (χ0n) is 15.0. The molecule has 4 heterocycles. The van der Waals surface area contributed by atoms with Crippen LogP contribution in [-0.2, 0) is 13.0 Å². The second-order valence-electron chi connectivity index (χ2n) is 6.77. The van der Waals surface area contributed by atoms with Crippen molar-refractivity contribution in [3.8, 4) is 0 Å². The molecule has 3 aromatic heterocycles. The van der Waals surface area contributed by atoms with Crippen molar-refractivity contribution in [1.29, 1.82) is 0 Å². The molecule has 0 aliphatic carbocycles. The average Bonchev–Trinajstić information content (AvgIpc) is 3.23. The largest absolute Gasteiger partial charge is 0.467 e. The number of amides is 1. The number of fused-ring (bicyclic) bond motifs is 2. The third-order valence-corrected chi connectivity index (χ3v) is 6.13. The topological polar surface area (TPSA) is 97.4 Å². The Bertz CT molecular complexity index is 1040. The minimum absolute atomic E-state index is 0.0307. The van der Waals surface area contributed by atoms with Gasteiger partial charge in [0.15, 0.2) is 0 Å². The van der Waals surface area contributed by atoms with Gasteiger partial charge in [0.1, 0.15) is 22.5 Å². The lowest BCUT2D eigenvalue weighted by Crippen LogP contribution is -2.28. The molecule has 1 atom stereocenters. The predicted molar refractivity (Wildman–Crippen MR) is 102 cm³/mol. The van der Waals surface area contributed by atoms with E-state index in [1.54, 1.807) is 23.6 Å². The fraction of sp³-hybridized carbons (Fsp3) is 0.421. The van der Waals surface area contributed by atoms with Gasteiger partial charge >= 0.3 is 0 Å². The second-order valence-corrected chi connectivity index (χ2v) is 7.77. The molecule has 8 heteroatoms. The summed E-state index contributed by atoms with van der Waals surface area (Å²) < 4.78 is 6.90. The van der Waals surface area contributed by atoms with Gasteiger partial charge in [0.2, 0.25) is 0 Å². The van der Waals surface area contributed by atoms with Crippen molar-refractivity contribution in [1.82, 2.24) is 14.9 Å². The molecule has 1 aliphatic rings. The summed E-state index contributed by atoms with van der Waals surface area (Å²) in [5.41, 5.74) is 0.595. The molecule has 0 saturated heterocycles. The number of hydrogen-bond donors (Lipinski definition) is 2. The average molecular weight is 387 g/mol. The van der Waals surface area contributed by atoms with Gasteiger partial charge in [-0.1, -0.05) is 6.42 Å². The third kappa shape index (κ3) is 3.30. The molecule has 0 bridgehead atoms. The van der Waals surface area contributed by atoms with Crippen LogP contribution in [0.5, 0.6) is 0 Å². The Balaban J connectivity index is 1.62. The summed E-state index contributed by atoms with van der Waals surface area (Å²) >= 11 is 1.23. The van der Waals surface area contributed by atoms with Crippen LogP contribution in [0.25, 0.3) is 10.2 Å². The number of nitrogens with one attached hydrogen (secondary N) is 1. The zero-order chi connectivity index (χ0) is 19.0. The van der Waals surface area contributed by atoms with Gasteiger partial charge in [0.05, 0.1) is 23.1 Å². The SMILES string of the molecule is Cc1c(C(=O)NCC(O)c2ccco2)sc2nc3n(c(=O)c12)CCCCC3. The Morgan fingerprint density at radius 3 is 3.07 bits per heavy atom. The number of aryl methyl sites for hydroxylation is 2. The molecule has 27 heavy (non-hydrogen) atoms. The van der Waals surface area contributed by atoms with E-state index >= 15 is 0 Å². The van der Waals surface area contributed by atoms with E-state index in [9.17, 15) is 14.7 Å². The van der Waals surface area contributed by atoms with E-state index in [1.807, 2.05) is 0 Å². The lowest BCUT2D eigenvalue weighted by molar-refractivity contribution is 0.0904. The number of furan rings is 1. The third-order valence-electron chi connectivity index (χ3n) is 4.95. The van der Waals surface area contributed by atoms with E-state index in [4.69, 9.17) is 4.42 Å². The van der Waals surface area contributed by atoms with Crippen molar-refractivity contribution < 1.29 is 14.3 Å². The summed E-state index contributed by atoms with van der Waals surface area (Å²) in [7, 11) is 0. The molecule has 0 aromatic carbocycles. The first kappa shape index (κ1) is 17.9. The van der Waals surface area contributed by atoms with Crippen molar-refractivity contribution in [3.05, 3.63) is 50.8 Å². The summed E-state index contributed by atoms with van der Waals surface area (Å²) in [6.07, 6.45) is 4.44. The summed E-state index contributed by atoms with van der Waals surface area (Å²) in [6, 6.07) is 3.33. The smallest absolute Gasteiger partial charge is 0.262 e. The van der Waals surface area contributed by atoms with E-state index in [-0.39, 0.29) is 18.0 Å². The van der Waals surface area contributed by atoms with Gasteiger partial charge < -0.3 is 14.8 Å². The van der Waals surface area contributed by atoms with E-state index in [1.165, 1.54) is 17.6 Å². The lowest BCUT2D eigenvalue weighted by Gasteiger charge is -2.09. The fourth-order valence-corrected chi connectivity index (χ4v) is 4.58. The van der Waals surface area contributed by atoms with Crippen molar-refractivity contribution in [2.24, 2.45) is 0 Å². The summed E-state index contributed by atoms with van der Waals surface area (Å²) in [4.78, 5) is 31.3. The Labute approximate surface area is 159 Å². The van der Waals surface area contributed by atoms with Gasteiger partial charge in [-0.3, -0.25) is 14.2 Å². The van der Waals surface area contributed by atoms with E-state index < -0.39 is 6.10 Å². The number of nitrogens with zero attached hydrogens (tertiary/aromatic N) is 2. The van der Waals surface area contributed by atoms with Crippen molar-refractivity contribution >= 4 is 27.5 Å². The van der Waals surface area contributed by atoms with E-state index in [0.29, 0.717) is 33.0 Å². The molecule has 0 radical (unpaired) electrons. The highest BCUT2D eigenvalue weighted by atomic mass is 32.1. The van der Waals surface area contributed by atoms with Crippen LogP contribution in [0.4, 0.5) is 0 Å². The molecular weight excluding hydrogens is 366 g/mol. The Morgan fingerprint density at radius 1 is 1.44 bits per heavy atom. The van der Waals surface area contributed by atoms with Crippen LogP contribution in [0.2, 0.25) is 0 Å². The number of rotatable bonds is 4. The predicted octanol–water partition coefficient (Wildman–Crippen LogP) is 2.55. The summed E-state index contributed by atoms with van der Waals surface area (Å²) in [6.45, 7) is 2.50. The fourth-order valence-electron chi connectivity index (χ4n) is 3.48. The van der Waals surface area contributed by atoms with Gasteiger partial charge in [-0.25, -0.2) is 4.98 Å². The van der Waals surface area contributed by atoms with Crippen LogP contribution in [0.1, 0.15) is 52.2 Å². The second kappa shape index (κ2) is 7.28. The summed E-state index contributed by atoms with van der Waals surface area (Å²) in [5, 5.41) is 13.3. The van der Waals surface area contributed by atoms with E-state index in [2.05, 4.69) is 10.3 Å². The molecule has 0 spiro atoms. The molecule has 2 N–H and O–H groups in total. The number of carbonyl (C=O) groups excluding carboxylic acids is 1. The van der Waals surface area contributed by atoms with Crippen molar-refractivity contribution in [2.75, 3.05) is 6.54 Å². The van der Waals surface area contributed by atoms with Crippen LogP contribution < -0.4 is 10.9 Å². The first-order chi connectivity index (χ1) is 13.1. The highest BCUT2D eigenvalue weighted by Gasteiger charge is 2.23. The first-order valence-corrected chi connectivity index (χ1v) is 9.90. The van der Waals surface area contributed by atoms with Gasteiger partial charge in [-0.15, -0.1) is 11.3 Å². The normalized spacial score (nSPS) is 15.3. The molecule has 4 rings (SSSR count). The molecule has 3 aromatic rings. The zero-order valence-corrected chi connectivity index (χ0v) is 15.8. The molecular formula is C19H21N3O4S. The van der Waals surface area contributed by atoms with Crippen molar-refractivity contribution in [3.63, 3.8) is 0 Å². The standard InChI is InChI=1S/C19H21N3O4S/c1-11-15-18(21-14-7-3-2-4-8-22(14)19(15)25)27-16(11)17(24)20-10-12(23)13-6-5-9-26-13/h5-6,9,12,23H,2-4,7-8,10H2,1H3,(H,20,24). The molecule has 0 saturated carbocycles. The molecule has 7 nitrogen and oxygen atoms in total. The highest BCUT2D eigenvalue weighted by Crippen LogP contribution is 2.28. The first-order valence-electron chi connectivity index (χ1n) is 9.08. The minimum Gasteiger partial charge on any atom is -0.467 e. The Morgan fingerprint density at radius 2 is 2.30 bits per heavy atom. The van der Waals surface area contributed by atoms with Crippen LogP contribution in [0, 0.1) is 6.92 Å². The molecule has 142 valence electrons. The van der Waals surface area contributed by atoms with Gasteiger partial charge in [-0.2, -0.15) is 0 Å². The van der Waals surface area contributed by atoms with Crippen LogP contribution in [0.15, 0.2) is 27.6 Å². The number of thiophene rings is 1. The number of aromatic nitrogens is 2. The number of carbonyl (C=O) groups is 1. The highest BCUT2D eigenvalue weighted by molar-refractivity contribution is 7.20. The number of aliphatic hydroxyl groups is 1. The summed E-state index contributed by atoms with van der Waals surface area (Å²) in [5.74, 6) is 0.888. The quantitative estimate of drug-likeness (QED) is 0.717. The van der Waals surface area contributed by atoms with Crippen LogP contribution in [-0.4, -0.2) is 27.1 Å². The number of hydrogen-bond acceptors (Lipinski definition) is 6. The van der Waals surface area contributed by atoms with Gasteiger partial charge in [0.25, 0.3) is 11.5 Å². The minimum atomic E-state index is -0.918. The molecule has 1 aliphatic heterocycles. The Kier molecular flexibility index (Phi) is 4.84. The van der Waals surface area contributed by atoms with Crippen molar-refractivity contribution in [2.45, 2.75) is 45.3 Å². The monoisotopic (exact) mass is 387 g/mol. The molecule has 1 unspecified atom stereocenters. The number of aliphatic hydroxyl groups excluding tert-OH is 1. The molecule has 0 fully saturated rings. The van der Waals surface area contributed by atoms with Gasteiger partial charge in [-0.05, 0) is 37.5 Å². The van der Waals surface area contributed by atoms with Crippen LogP contribution >= 0.6 is 11.3 Å². The maximum atomic E-state index is 12.9. The maximum Gasteiger partial charge on any atom is 0.262 e. The van der Waals surface area contributed by atoms with Gasteiger partial charge in [0, 0.05) is 13.0 Å².